The quantitative estimate of drug-likeness (QED) is 0.754. The molecule has 0 radical (unpaired) electrons. The van der Waals surface area contributed by atoms with E-state index in [4.69, 9.17) is 4.74 Å². The monoisotopic (exact) mass is 247 g/mol. The standard InChI is InChI=1S/C14H17NO3/c1-5-15-11-8-10(9(2)16)6-7-12(11)18-14(3,4)13(15)17/h6-8H,5H2,1-4H3. The normalized spacial score (nSPS) is 17.1. The summed E-state index contributed by atoms with van der Waals surface area (Å²) in [5.74, 6) is 0.538. The SMILES string of the molecule is CCN1C(=O)C(C)(C)Oc2ccc(C(C)=O)cc21. The van der Waals surface area contributed by atoms with E-state index in [0.29, 0.717) is 23.5 Å². The van der Waals surface area contributed by atoms with E-state index in [1.54, 1.807) is 36.9 Å². The zero-order chi connectivity index (χ0) is 13.5. The highest BCUT2D eigenvalue weighted by Gasteiger charge is 2.40. The second kappa shape index (κ2) is 4.12. The molecule has 0 aromatic heterocycles. The molecule has 4 heteroatoms. The molecule has 0 spiro atoms. The van der Waals surface area contributed by atoms with Crippen LogP contribution in [-0.4, -0.2) is 23.8 Å². The Balaban J connectivity index is 2.56. The fourth-order valence-corrected chi connectivity index (χ4v) is 2.10. The average Bonchev–Trinajstić information content (AvgIpc) is 2.30. The summed E-state index contributed by atoms with van der Waals surface area (Å²) in [5.41, 5.74) is 0.402. The summed E-state index contributed by atoms with van der Waals surface area (Å²) in [4.78, 5) is 25.3. The molecule has 0 N–H and O–H groups in total. The summed E-state index contributed by atoms with van der Waals surface area (Å²) < 4.78 is 5.70. The van der Waals surface area contributed by atoms with Crippen molar-refractivity contribution in [2.75, 3.05) is 11.4 Å². The van der Waals surface area contributed by atoms with Crippen LogP contribution in [0.15, 0.2) is 18.2 Å². The minimum atomic E-state index is -0.860. The summed E-state index contributed by atoms with van der Waals surface area (Å²) in [7, 11) is 0. The number of amides is 1. The number of carbonyl (C=O) groups excluding carboxylic acids is 2. The molecular weight excluding hydrogens is 230 g/mol. The number of benzene rings is 1. The van der Waals surface area contributed by atoms with Crippen molar-refractivity contribution in [1.82, 2.24) is 0 Å². The number of fused-ring (bicyclic) bond motifs is 1. The van der Waals surface area contributed by atoms with Crippen molar-refractivity contribution in [2.24, 2.45) is 0 Å². The van der Waals surface area contributed by atoms with Crippen molar-refractivity contribution in [3.05, 3.63) is 23.8 Å². The number of Topliss-reactive ketones (excluding diaryl/α,β-unsaturated/α-hetero) is 1. The lowest BCUT2D eigenvalue weighted by molar-refractivity contribution is -0.132. The Hall–Kier alpha value is -1.84. The molecular formula is C14H17NO3. The maximum atomic E-state index is 12.2. The second-order valence-corrected chi connectivity index (χ2v) is 4.90. The van der Waals surface area contributed by atoms with E-state index in [0.717, 1.165) is 0 Å². The molecule has 1 aromatic rings. The molecule has 0 fully saturated rings. The van der Waals surface area contributed by atoms with Gasteiger partial charge in [0.05, 0.1) is 5.69 Å². The van der Waals surface area contributed by atoms with Gasteiger partial charge in [0.25, 0.3) is 5.91 Å². The molecule has 1 heterocycles. The van der Waals surface area contributed by atoms with E-state index < -0.39 is 5.60 Å². The molecule has 0 saturated carbocycles. The average molecular weight is 247 g/mol. The lowest BCUT2D eigenvalue weighted by atomic mass is 10.0. The minimum Gasteiger partial charge on any atom is -0.476 e. The van der Waals surface area contributed by atoms with Crippen molar-refractivity contribution in [2.45, 2.75) is 33.3 Å². The van der Waals surface area contributed by atoms with Crippen LogP contribution in [0.5, 0.6) is 5.75 Å². The lowest BCUT2D eigenvalue weighted by Crippen LogP contribution is -2.52. The molecule has 1 aromatic carbocycles. The van der Waals surface area contributed by atoms with Crippen LogP contribution < -0.4 is 9.64 Å². The maximum absolute atomic E-state index is 12.2. The Morgan fingerprint density at radius 3 is 2.61 bits per heavy atom. The van der Waals surface area contributed by atoms with Gasteiger partial charge in [-0.2, -0.15) is 0 Å². The molecule has 0 unspecified atom stereocenters. The van der Waals surface area contributed by atoms with Crippen molar-refractivity contribution in [3.8, 4) is 5.75 Å². The predicted octanol–water partition coefficient (Wildman–Crippen LogP) is 2.41. The minimum absolute atomic E-state index is 0.0221. The summed E-state index contributed by atoms with van der Waals surface area (Å²) in [6.45, 7) is 7.47. The van der Waals surface area contributed by atoms with Gasteiger partial charge in [-0.3, -0.25) is 9.59 Å². The number of nitrogens with zero attached hydrogens (tertiary/aromatic N) is 1. The van der Waals surface area contributed by atoms with E-state index in [1.165, 1.54) is 6.92 Å². The molecule has 4 nitrogen and oxygen atoms in total. The smallest absolute Gasteiger partial charge is 0.270 e. The van der Waals surface area contributed by atoms with E-state index in [9.17, 15) is 9.59 Å². The van der Waals surface area contributed by atoms with Crippen LogP contribution in [0, 0.1) is 0 Å². The predicted molar refractivity (Wildman–Crippen MR) is 69.2 cm³/mol. The fraction of sp³-hybridized carbons (Fsp3) is 0.429. The number of likely N-dealkylation sites (N-methyl/N-ethyl adjacent to an activating group) is 1. The third kappa shape index (κ3) is 1.88. The van der Waals surface area contributed by atoms with E-state index in [1.807, 2.05) is 6.92 Å². The first kappa shape index (κ1) is 12.6. The number of hydrogen-bond acceptors (Lipinski definition) is 3. The molecule has 0 bridgehead atoms. The summed E-state index contributed by atoms with van der Waals surface area (Å²) in [6, 6.07) is 5.19. The van der Waals surface area contributed by atoms with Crippen LogP contribution in [0.4, 0.5) is 5.69 Å². The van der Waals surface area contributed by atoms with E-state index >= 15 is 0 Å². The molecule has 18 heavy (non-hydrogen) atoms. The second-order valence-electron chi connectivity index (χ2n) is 4.90. The van der Waals surface area contributed by atoms with Gasteiger partial charge in [0, 0.05) is 12.1 Å². The van der Waals surface area contributed by atoms with Gasteiger partial charge in [-0.05, 0) is 45.9 Å². The number of carbonyl (C=O) groups is 2. The van der Waals surface area contributed by atoms with Crippen molar-refractivity contribution in [1.29, 1.82) is 0 Å². The number of ketones is 1. The highest BCUT2D eigenvalue weighted by atomic mass is 16.5. The van der Waals surface area contributed by atoms with Crippen molar-refractivity contribution < 1.29 is 14.3 Å². The summed E-state index contributed by atoms with van der Waals surface area (Å²) >= 11 is 0. The Morgan fingerprint density at radius 2 is 2.06 bits per heavy atom. The Morgan fingerprint density at radius 1 is 1.39 bits per heavy atom. The summed E-state index contributed by atoms with van der Waals surface area (Å²) in [6.07, 6.45) is 0. The first-order valence-corrected chi connectivity index (χ1v) is 6.03. The van der Waals surface area contributed by atoms with E-state index in [2.05, 4.69) is 0 Å². The Bertz CT molecular complexity index is 520. The first-order chi connectivity index (χ1) is 8.36. The zero-order valence-corrected chi connectivity index (χ0v) is 11.1. The van der Waals surface area contributed by atoms with Gasteiger partial charge in [-0.25, -0.2) is 0 Å². The van der Waals surface area contributed by atoms with Gasteiger partial charge in [0.15, 0.2) is 11.4 Å². The van der Waals surface area contributed by atoms with Gasteiger partial charge < -0.3 is 9.64 Å². The first-order valence-electron chi connectivity index (χ1n) is 6.03. The molecule has 1 aliphatic rings. The van der Waals surface area contributed by atoms with Gasteiger partial charge in [-0.1, -0.05) is 0 Å². The van der Waals surface area contributed by atoms with Gasteiger partial charge in [-0.15, -0.1) is 0 Å². The third-order valence-electron chi connectivity index (χ3n) is 3.10. The van der Waals surface area contributed by atoms with Gasteiger partial charge in [0.2, 0.25) is 0 Å². The van der Waals surface area contributed by atoms with Crippen LogP contribution in [0.3, 0.4) is 0 Å². The van der Waals surface area contributed by atoms with E-state index in [-0.39, 0.29) is 11.7 Å². The van der Waals surface area contributed by atoms with Crippen molar-refractivity contribution in [3.63, 3.8) is 0 Å². The molecule has 1 aliphatic heterocycles. The number of rotatable bonds is 2. The maximum Gasteiger partial charge on any atom is 0.270 e. The lowest BCUT2D eigenvalue weighted by Gasteiger charge is -2.38. The highest BCUT2D eigenvalue weighted by molar-refractivity contribution is 6.04. The van der Waals surface area contributed by atoms with Crippen LogP contribution in [0.2, 0.25) is 0 Å². The number of hydrogen-bond donors (Lipinski definition) is 0. The topological polar surface area (TPSA) is 46.6 Å². The summed E-state index contributed by atoms with van der Waals surface area (Å²) in [5, 5.41) is 0. The van der Waals surface area contributed by atoms with Crippen LogP contribution in [0.25, 0.3) is 0 Å². The fourth-order valence-electron chi connectivity index (χ4n) is 2.10. The molecule has 0 atom stereocenters. The molecule has 2 rings (SSSR count). The van der Waals surface area contributed by atoms with Crippen LogP contribution in [0.1, 0.15) is 38.1 Å². The van der Waals surface area contributed by atoms with Crippen LogP contribution >= 0.6 is 0 Å². The highest BCUT2D eigenvalue weighted by Crippen LogP contribution is 2.38. The third-order valence-corrected chi connectivity index (χ3v) is 3.10. The molecule has 96 valence electrons. The Kier molecular flexibility index (Phi) is 2.89. The number of anilines is 1. The van der Waals surface area contributed by atoms with Gasteiger partial charge in [0.1, 0.15) is 5.75 Å². The Labute approximate surface area is 107 Å². The molecule has 1 amide bonds. The van der Waals surface area contributed by atoms with Crippen LogP contribution in [-0.2, 0) is 4.79 Å². The largest absolute Gasteiger partial charge is 0.476 e. The van der Waals surface area contributed by atoms with Crippen molar-refractivity contribution >= 4 is 17.4 Å². The molecule has 0 saturated heterocycles. The molecule has 0 aliphatic carbocycles. The zero-order valence-electron chi connectivity index (χ0n) is 11.1. The van der Waals surface area contributed by atoms with Gasteiger partial charge >= 0.3 is 0 Å². The number of ether oxygens (including phenoxy) is 1.